The highest BCUT2D eigenvalue weighted by Gasteiger charge is 2.20. The molecule has 0 unspecified atom stereocenters. The van der Waals surface area contributed by atoms with Crippen molar-refractivity contribution >= 4 is 40.5 Å². The number of nitro groups is 1. The molecule has 7 nitrogen and oxygen atoms in total. The predicted octanol–water partition coefficient (Wildman–Crippen LogP) is 5.34. The molecule has 1 amide bonds. The molecule has 1 heterocycles. The van der Waals surface area contributed by atoms with E-state index in [-0.39, 0.29) is 16.3 Å². The Kier molecular flexibility index (Phi) is 5.54. The third-order valence-corrected chi connectivity index (χ3v) is 3.92. The summed E-state index contributed by atoms with van der Waals surface area (Å²) in [4.78, 5) is 26.9. The summed E-state index contributed by atoms with van der Waals surface area (Å²) in [7, 11) is 0. The second-order valence-corrected chi connectivity index (χ2v) is 6.19. The van der Waals surface area contributed by atoms with Gasteiger partial charge in [-0.25, -0.2) is 4.98 Å². The van der Waals surface area contributed by atoms with Gasteiger partial charge in [-0.2, -0.15) is 0 Å². The van der Waals surface area contributed by atoms with Crippen molar-refractivity contribution in [3.63, 3.8) is 0 Å². The van der Waals surface area contributed by atoms with Crippen LogP contribution in [0.5, 0.6) is 11.6 Å². The Labute approximate surface area is 163 Å². The number of hydrogen-bond donors (Lipinski definition) is 1. The van der Waals surface area contributed by atoms with E-state index in [4.69, 9.17) is 27.9 Å². The molecular formula is C18H11Cl2N3O4. The van der Waals surface area contributed by atoms with Crippen LogP contribution in [0.3, 0.4) is 0 Å². The van der Waals surface area contributed by atoms with Gasteiger partial charge in [0.25, 0.3) is 11.6 Å². The van der Waals surface area contributed by atoms with Crippen LogP contribution in [-0.2, 0) is 0 Å². The van der Waals surface area contributed by atoms with E-state index in [1.807, 2.05) is 0 Å². The van der Waals surface area contributed by atoms with Crippen LogP contribution in [-0.4, -0.2) is 15.8 Å². The smallest absolute Gasteiger partial charge is 0.283 e. The van der Waals surface area contributed by atoms with E-state index >= 15 is 0 Å². The molecule has 2 aromatic carbocycles. The number of carbonyl (C=O) groups is 1. The van der Waals surface area contributed by atoms with E-state index in [0.717, 1.165) is 6.07 Å². The van der Waals surface area contributed by atoms with Crippen molar-refractivity contribution in [2.75, 3.05) is 5.32 Å². The lowest BCUT2D eigenvalue weighted by atomic mass is 10.1. The van der Waals surface area contributed by atoms with E-state index in [9.17, 15) is 14.9 Å². The molecule has 1 N–H and O–H groups in total. The number of rotatable bonds is 5. The summed E-state index contributed by atoms with van der Waals surface area (Å²) in [6, 6.07) is 13.7. The molecule has 27 heavy (non-hydrogen) atoms. The average molecular weight is 404 g/mol. The maximum Gasteiger partial charge on any atom is 0.283 e. The molecule has 9 heteroatoms. The number of carbonyl (C=O) groups excluding carboxylic acids is 1. The second-order valence-electron chi connectivity index (χ2n) is 5.31. The standard InChI is InChI=1S/C18H11Cl2N3O4/c19-11-1-5-14(6-2-11)27-17-8-4-13(10-21-17)22-18(24)15-7-3-12(20)9-16(15)23(25)26/h1-10H,(H,22,24). The summed E-state index contributed by atoms with van der Waals surface area (Å²) in [5.74, 6) is 0.222. The molecule has 0 fully saturated rings. The van der Waals surface area contributed by atoms with Crippen molar-refractivity contribution in [2.45, 2.75) is 0 Å². The van der Waals surface area contributed by atoms with Crippen LogP contribution >= 0.6 is 23.2 Å². The quantitative estimate of drug-likeness (QED) is 0.458. The van der Waals surface area contributed by atoms with Crippen LogP contribution in [0.1, 0.15) is 10.4 Å². The number of nitrogens with zero attached hydrogens (tertiary/aromatic N) is 2. The SMILES string of the molecule is O=C(Nc1ccc(Oc2ccc(Cl)cc2)nc1)c1ccc(Cl)cc1[N+](=O)[O-]. The zero-order valence-corrected chi connectivity index (χ0v) is 15.1. The Balaban J connectivity index is 1.72. The van der Waals surface area contributed by atoms with Gasteiger partial charge in [0.05, 0.1) is 16.8 Å². The zero-order chi connectivity index (χ0) is 19.4. The molecule has 0 spiro atoms. The van der Waals surface area contributed by atoms with Gasteiger partial charge in [0.15, 0.2) is 0 Å². The van der Waals surface area contributed by atoms with Gasteiger partial charge < -0.3 is 10.1 Å². The molecule has 0 atom stereocenters. The Morgan fingerprint density at radius 3 is 2.37 bits per heavy atom. The topological polar surface area (TPSA) is 94.4 Å². The largest absolute Gasteiger partial charge is 0.439 e. The second kappa shape index (κ2) is 8.03. The van der Waals surface area contributed by atoms with E-state index < -0.39 is 10.8 Å². The molecule has 0 bridgehead atoms. The third-order valence-electron chi connectivity index (χ3n) is 3.43. The number of ether oxygens (including phenoxy) is 1. The molecule has 1 aromatic heterocycles. The van der Waals surface area contributed by atoms with E-state index in [1.165, 1.54) is 18.3 Å². The van der Waals surface area contributed by atoms with Crippen LogP contribution in [0, 0.1) is 10.1 Å². The highest BCUT2D eigenvalue weighted by molar-refractivity contribution is 6.31. The molecule has 0 saturated heterocycles. The number of hydrogen-bond acceptors (Lipinski definition) is 5. The van der Waals surface area contributed by atoms with E-state index in [0.29, 0.717) is 22.3 Å². The number of aromatic nitrogens is 1. The Morgan fingerprint density at radius 1 is 1.04 bits per heavy atom. The average Bonchev–Trinajstić information content (AvgIpc) is 2.65. The Hall–Kier alpha value is -3.16. The van der Waals surface area contributed by atoms with Gasteiger partial charge in [0.2, 0.25) is 5.88 Å². The molecule has 3 rings (SSSR count). The number of nitro benzene ring substituents is 1. The van der Waals surface area contributed by atoms with Crippen LogP contribution in [0.25, 0.3) is 0 Å². The normalized spacial score (nSPS) is 10.3. The molecule has 0 aliphatic rings. The van der Waals surface area contributed by atoms with Crippen LogP contribution in [0.2, 0.25) is 10.0 Å². The summed E-state index contributed by atoms with van der Waals surface area (Å²) >= 11 is 11.6. The fourth-order valence-corrected chi connectivity index (χ4v) is 2.48. The lowest BCUT2D eigenvalue weighted by Gasteiger charge is -2.08. The monoisotopic (exact) mass is 403 g/mol. The van der Waals surface area contributed by atoms with Crippen LogP contribution in [0.15, 0.2) is 60.8 Å². The van der Waals surface area contributed by atoms with Gasteiger partial charge in [-0.3, -0.25) is 14.9 Å². The summed E-state index contributed by atoms with van der Waals surface area (Å²) in [5.41, 5.74) is -0.130. The molecule has 0 radical (unpaired) electrons. The molecule has 0 saturated carbocycles. The number of amides is 1. The maximum absolute atomic E-state index is 12.3. The van der Waals surface area contributed by atoms with Gasteiger partial charge >= 0.3 is 0 Å². The van der Waals surface area contributed by atoms with Crippen LogP contribution in [0.4, 0.5) is 11.4 Å². The number of halogens is 2. The first-order chi connectivity index (χ1) is 12.9. The Morgan fingerprint density at radius 2 is 1.74 bits per heavy atom. The van der Waals surface area contributed by atoms with E-state index in [1.54, 1.807) is 36.4 Å². The van der Waals surface area contributed by atoms with Crippen molar-refractivity contribution in [3.8, 4) is 11.6 Å². The van der Waals surface area contributed by atoms with Crippen molar-refractivity contribution in [1.29, 1.82) is 0 Å². The molecular weight excluding hydrogens is 393 g/mol. The minimum absolute atomic E-state index is 0.106. The van der Waals surface area contributed by atoms with Crippen LogP contribution < -0.4 is 10.1 Å². The number of nitrogens with one attached hydrogen (secondary N) is 1. The first kappa shape index (κ1) is 18.6. The van der Waals surface area contributed by atoms with Crippen molar-refractivity contribution < 1.29 is 14.5 Å². The molecule has 3 aromatic rings. The van der Waals surface area contributed by atoms with Gasteiger partial charge in [-0.1, -0.05) is 23.2 Å². The third kappa shape index (κ3) is 4.72. The van der Waals surface area contributed by atoms with Gasteiger partial charge in [0, 0.05) is 22.2 Å². The van der Waals surface area contributed by atoms with Crippen molar-refractivity contribution in [3.05, 3.63) is 86.5 Å². The minimum Gasteiger partial charge on any atom is -0.439 e. The van der Waals surface area contributed by atoms with Crippen molar-refractivity contribution in [2.24, 2.45) is 0 Å². The summed E-state index contributed by atoms with van der Waals surface area (Å²) < 4.78 is 5.56. The number of benzene rings is 2. The first-order valence-electron chi connectivity index (χ1n) is 7.57. The summed E-state index contributed by atoms with van der Waals surface area (Å²) in [6.07, 6.45) is 1.38. The Bertz CT molecular complexity index is 992. The highest BCUT2D eigenvalue weighted by Crippen LogP contribution is 2.25. The molecule has 0 aliphatic heterocycles. The fraction of sp³-hybridized carbons (Fsp3) is 0. The van der Waals surface area contributed by atoms with Crippen molar-refractivity contribution in [1.82, 2.24) is 4.98 Å². The lowest BCUT2D eigenvalue weighted by Crippen LogP contribution is -2.14. The molecule has 136 valence electrons. The predicted molar refractivity (Wildman–Crippen MR) is 102 cm³/mol. The summed E-state index contributed by atoms with van der Waals surface area (Å²) in [6.45, 7) is 0. The highest BCUT2D eigenvalue weighted by atomic mass is 35.5. The lowest BCUT2D eigenvalue weighted by molar-refractivity contribution is -0.385. The van der Waals surface area contributed by atoms with Gasteiger partial charge in [-0.05, 0) is 42.5 Å². The number of anilines is 1. The number of pyridine rings is 1. The first-order valence-corrected chi connectivity index (χ1v) is 8.33. The van der Waals surface area contributed by atoms with Gasteiger partial charge in [-0.15, -0.1) is 0 Å². The minimum atomic E-state index is -0.665. The van der Waals surface area contributed by atoms with Gasteiger partial charge in [0.1, 0.15) is 11.3 Å². The summed E-state index contributed by atoms with van der Waals surface area (Å²) in [5, 5.41) is 14.4. The van der Waals surface area contributed by atoms with E-state index in [2.05, 4.69) is 10.3 Å². The molecule has 0 aliphatic carbocycles. The fourth-order valence-electron chi connectivity index (χ4n) is 2.18. The maximum atomic E-state index is 12.3. The zero-order valence-electron chi connectivity index (χ0n) is 13.6.